The average molecular weight is 360 g/mol. The molecule has 0 fully saturated rings. The Labute approximate surface area is 150 Å². The monoisotopic (exact) mass is 360 g/mol. The summed E-state index contributed by atoms with van der Waals surface area (Å²) in [7, 11) is 6.01. The highest BCUT2D eigenvalue weighted by Crippen LogP contribution is 2.40. The third-order valence-corrected chi connectivity index (χ3v) is 4.10. The van der Waals surface area contributed by atoms with Crippen LogP contribution in [0.1, 0.15) is 11.6 Å². The zero-order valence-electron chi connectivity index (χ0n) is 15.0. The van der Waals surface area contributed by atoms with E-state index in [1.165, 1.54) is 13.4 Å². The van der Waals surface area contributed by atoms with Crippen molar-refractivity contribution in [2.75, 3.05) is 40.4 Å². The first-order valence-electron chi connectivity index (χ1n) is 7.83. The summed E-state index contributed by atoms with van der Waals surface area (Å²) in [5.41, 5.74) is 1.60. The molecular weight excluding hydrogens is 340 g/mol. The van der Waals surface area contributed by atoms with E-state index in [4.69, 9.17) is 18.9 Å². The van der Waals surface area contributed by atoms with Gasteiger partial charge in [0.15, 0.2) is 0 Å². The molecule has 0 bridgehead atoms. The van der Waals surface area contributed by atoms with Gasteiger partial charge in [0.05, 0.1) is 39.2 Å². The van der Waals surface area contributed by atoms with E-state index in [1.54, 1.807) is 44.2 Å². The summed E-state index contributed by atoms with van der Waals surface area (Å²) in [4.78, 5) is 16.8. The van der Waals surface area contributed by atoms with Crippen LogP contribution in [-0.2, 0) is 14.3 Å². The van der Waals surface area contributed by atoms with E-state index in [0.29, 0.717) is 34.3 Å². The maximum atomic E-state index is 12.6. The minimum atomic E-state index is -0.614. The lowest BCUT2D eigenvalue weighted by Crippen LogP contribution is -2.31. The normalized spacial score (nSPS) is 15.9. The van der Waals surface area contributed by atoms with Crippen LogP contribution in [-0.4, -0.2) is 55.8 Å². The lowest BCUT2D eigenvalue weighted by molar-refractivity contribution is -0.136. The van der Waals surface area contributed by atoms with Crippen molar-refractivity contribution in [2.24, 2.45) is 0 Å². The van der Waals surface area contributed by atoms with Crippen LogP contribution >= 0.6 is 0 Å². The van der Waals surface area contributed by atoms with Crippen LogP contribution in [0.2, 0.25) is 0 Å². The van der Waals surface area contributed by atoms with Crippen molar-refractivity contribution in [2.45, 2.75) is 6.04 Å². The molecule has 0 radical (unpaired) electrons. The van der Waals surface area contributed by atoms with Gasteiger partial charge < -0.3 is 24.3 Å². The molecule has 1 unspecified atom stereocenters. The Morgan fingerprint density at radius 1 is 1.23 bits per heavy atom. The number of aromatic nitrogens is 3. The van der Waals surface area contributed by atoms with Gasteiger partial charge in [0.25, 0.3) is 0 Å². The number of methoxy groups -OCH3 is 4. The highest BCUT2D eigenvalue weighted by atomic mass is 16.5. The number of esters is 1. The molecule has 1 N–H and O–H groups in total. The second kappa shape index (κ2) is 7.44. The Morgan fingerprint density at radius 3 is 2.69 bits per heavy atom. The van der Waals surface area contributed by atoms with Gasteiger partial charge >= 0.3 is 5.97 Å². The Morgan fingerprint density at radius 2 is 2.04 bits per heavy atom. The van der Waals surface area contributed by atoms with Crippen molar-refractivity contribution in [3.05, 3.63) is 41.4 Å². The molecule has 1 aliphatic rings. The quantitative estimate of drug-likeness (QED) is 0.772. The molecule has 26 heavy (non-hydrogen) atoms. The summed E-state index contributed by atoms with van der Waals surface area (Å²) in [6.07, 6.45) is 1.41. The fourth-order valence-electron chi connectivity index (χ4n) is 2.96. The Balaban J connectivity index is 2.26. The van der Waals surface area contributed by atoms with E-state index in [-0.39, 0.29) is 6.61 Å². The van der Waals surface area contributed by atoms with Gasteiger partial charge in [-0.3, -0.25) is 0 Å². The van der Waals surface area contributed by atoms with Gasteiger partial charge in [0, 0.05) is 12.7 Å². The van der Waals surface area contributed by atoms with Gasteiger partial charge in [-0.05, 0) is 18.2 Å². The molecule has 0 aliphatic carbocycles. The molecule has 1 aromatic heterocycles. The predicted molar refractivity (Wildman–Crippen MR) is 92.2 cm³/mol. The topological polar surface area (TPSA) is 96.7 Å². The van der Waals surface area contributed by atoms with Gasteiger partial charge in [-0.1, -0.05) is 0 Å². The lowest BCUT2D eigenvalue weighted by Gasteiger charge is -2.29. The fraction of sp³-hybridized carbons (Fsp3) is 0.353. The summed E-state index contributed by atoms with van der Waals surface area (Å²) in [5.74, 6) is 1.19. The number of hydrogen-bond acceptors (Lipinski definition) is 8. The molecule has 3 rings (SSSR count). The Hall–Kier alpha value is -3.07. The summed E-state index contributed by atoms with van der Waals surface area (Å²) < 4.78 is 22.7. The highest BCUT2D eigenvalue weighted by Gasteiger charge is 2.37. The zero-order valence-corrected chi connectivity index (χ0v) is 15.0. The summed E-state index contributed by atoms with van der Waals surface area (Å²) in [6, 6.07) is 4.74. The average Bonchev–Trinajstić information content (AvgIpc) is 3.14. The van der Waals surface area contributed by atoms with Crippen LogP contribution in [0.5, 0.6) is 11.5 Å². The van der Waals surface area contributed by atoms with Gasteiger partial charge in [-0.15, -0.1) is 0 Å². The molecule has 0 spiro atoms. The molecule has 1 aliphatic heterocycles. The molecule has 138 valence electrons. The number of nitrogens with zero attached hydrogens (tertiary/aromatic N) is 3. The molecule has 9 heteroatoms. The largest absolute Gasteiger partial charge is 0.497 e. The molecule has 0 saturated carbocycles. The highest BCUT2D eigenvalue weighted by molar-refractivity contribution is 5.92. The van der Waals surface area contributed by atoms with Crippen molar-refractivity contribution in [3.8, 4) is 11.5 Å². The van der Waals surface area contributed by atoms with Crippen LogP contribution in [0.4, 0.5) is 5.95 Å². The molecule has 2 heterocycles. The maximum absolute atomic E-state index is 12.6. The summed E-state index contributed by atoms with van der Waals surface area (Å²) >= 11 is 0. The first-order chi connectivity index (χ1) is 12.6. The number of carbonyl (C=O) groups excluding carboxylic acids is 1. The second-order valence-electron chi connectivity index (χ2n) is 5.48. The fourth-order valence-corrected chi connectivity index (χ4v) is 2.96. The number of fused-ring (bicyclic) bond motifs is 1. The minimum absolute atomic E-state index is 0.181. The Bertz CT molecular complexity index is 845. The molecule has 2 aromatic rings. The van der Waals surface area contributed by atoms with Crippen LogP contribution in [0, 0.1) is 0 Å². The van der Waals surface area contributed by atoms with E-state index in [2.05, 4.69) is 15.4 Å². The number of carbonyl (C=O) groups is 1. The smallest absolute Gasteiger partial charge is 0.338 e. The molecule has 1 aromatic carbocycles. The first kappa shape index (κ1) is 17.7. The van der Waals surface area contributed by atoms with Crippen molar-refractivity contribution in [1.29, 1.82) is 0 Å². The van der Waals surface area contributed by atoms with Crippen LogP contribution < -0.4 is 14.8 Å². The van der Waals surface area contributed by atoms with E-state index < -0.39 is 12.0 Å². The number of ether oxygens (including phenoxy) is 4. The van der Waals surface area contributed by atoms with E-state index >= 15 is 0 Å². The Kier molecular flexibility index (Phi) is 5.08. The van der Waals surface area contributed by atoms with Gasteiger partial charge in [-0.2, -0.15) is 10.1 Å². The maximum Gasteiger partial charge on any atom is 0.338 e. The number of hydrogen-bond donors (Lipinski definition) is 1. The number of benzene rings is 1. The van der Waals surface area contributed by atoms with E-state index in [0.717, 1.165) is 0 Å². The molecular formula is C17H20N4O5. The van der Waals surface area contributed by atoms with E-state index in [9.17, 15) is 4.79 Å². The number of anilines is 1. The number of rotatable bonds is 6. The van der Waals surface area contributed by atoms with Gasteiger partial charge in [-0.25, -0.2) is 9.48 Å². The minimum Gasteiger partial charge on any atom is -0.497 e. The zero-order chi connectivity index (χ0) is 18.7. The van der Waals surface area contributed by atoms with Gasteiger partial charge in [0.1, 0.15) is 23.9 Å². The molecule has 9 nitrogen and oxygen atoms in total. The second-order valence-corrected chi connectivity index (χ2v) is 5.48. The van der Waals surface area contributed by atoms with Crippen LogP contribution in [0.25, 0.3) is 0 Å². The summed E-state index contributed by atoms with van der Waals surface area (Å²) in [6.45, 7) is 0.181. The van der Waals surface area contributed by atoms with Crippen LogP contribution in [0.15, 0.2) is 35.8 Å². The van der Waals surface area contributed by atoms with Crippen molar-refractivity contribution >= 4 is 11.9 Å². The number of nitrogens with one attached hydrogen (secondary N) is 1. The predicted octanol–water partition coefficient (Wildman–Crippen LogP) is 1.38. The third kappa shape index (κ3) is 2.97. The summed E-state index contributed by atoms with van der Waals surface area (Å²) in [5, 5.41) is 7.35. The molecule has 0 amide bonds. The molecule has 1 atom stereocenters. The van der Waals surface area contributed by atoms with Crippen molar-refractivity contribution < 1.29 is 23.7 Å². The molecule has 0 saturated heterocycles. The third-order valence-electron chi connectivity index (χ3n) is 4.10. The van der Waals surface area contributed by atoms with E-state index in [1.807, 2.05) is 0 Å². The lowest BCUT2D eigenvalue weighted by atomic mass is 9.94. The standard InChI is InChI=1S/C17H20N4O5/c1-23-8-12-14(16(22)26-4)15(21-17(20-12)18-9-19-21)11-7-10(24-2)5-6-13(11)25-3/h5-7,9,15H,8H2,1-4H3,(H,18,19,20). The SMILES string of the molecule is COCC1=C(C(=O)OC)C(c2cc(OC)ccc2OC)n2ncnc2N1. The first-order valence-corrected chi connectivity index (χ1v) is 7.83. The van der Waals surface area contributed by atoms with Crippen molar-refractivity contribution in [3.63, 3.8) is 0 Å². The van der Waals surface area contributed by atoms with Crippen LogP contribution in [0.3, 0.4) is 0 Å². The van der Waals surface area contributed by atoms with Crippen molar-refractivity contribution in [1.82, 2.24) is 14.8 Å². The van der Waals surface area contributed by atoms with Gasteiger partial charge in [0.2, 0.25) is 5.95 Å².